The summed E-state index contributed by atoms with van der Waals surface area (Å²) >= 11 is 1.53. The Balaban J connectivity index is 0.00000102. The molecule has 0 bridgehead atoms. The number of nitrogens with zero attached hydrogens (tertiary/aromatic N) is 4. The maximum Gasteiger partial charge on any atom is 0.189 e. The second-order valence-corrected chi connectivity index (χ2v) is 6.67. The molecule has 6 heteroatoms. The van der Waals surface area contributed by atoms with Crippen molar-refractivity contribution in [2.75, 3.05) is 13.4 Å². The van der Waals surface area contributed by atoms with Crippen molar-refractivity contribution in [2.24, 2.45) is 0 Å². The second kappa shape index (κ2) is 7.96. The lowest BCUT2D eigenvalue weighted by Crippen LogP contribution is -1.99. The van der Waals surface area contributed by atoms with Crippen LogP contribution in [0.4, 0.5) is 0 Å². The molecular weight excluding hydrogens is 356 g/mol. The van der Waals surface area contributed by atoms with Crippen LogP contribution in [0.25, 0.3) is 27.8 Å². The topological polar surface area (TPSA) is 52.3 Å². The largest absolute Gasteiger partial charge is 0.496 e. The van der Waals surface area contributed by atoms with Gasteiger partial charge in [0.15, 0.2) is 5.16 Å². The fourth-order valence-electron chi connectivity index (χ4n) is 3.30. The molecule has 0 N–H and O–H groups in total. The lowest BCUT2D eigenvalue weighted by Gasteiger charge is -2.15. The van der Waals surface area contributed by atoms with Gasteiger partial charge < -0.3 is 4.74 Å². The lowest BCUT2D eigenvalue weighted by molar-refractivity contribution is 0.412. The van der Waals surface area contributed by atoms with Crippen LogP contribution in [0.3, 0.4) is 0 Å². The fraction of sp³-hybridized carbons (Fsp3) is 0.286. The highest BCUT2D eigenvalue weighted by molar-refractivity contribution is 7.98. The van der Waals surface area contributed by atoms with Gasteiger partial charge in [0.2, 0.25) is 0 Å². The third-order valence-electron chi connectivity index (χ3n) is 4.48. The number of imidazole rings is 1. The zero-order valence-electron chi connectivity index (χ0n) is 16.6. The van der Waals surface area contributed by atoms with E-state index in [1.165, 1.54) is 17.3 Å². The smallest absolute Gasteiger partial charge is 0.189 e. The number of hydrogen-bond acceptors (Lipinski definition) is 5. The van der Waals surface area contributed by atoms with Crippen LogP contribution in [0.15, 0.2) is 41.9 Å². The van der Waals surface area contributed by atoms with Gasteiger partial charge >= 0.3 is 0 Å². The van der Waals surface area contributed by atoms with Gasteiger partial charge in [-0.3, -0.25) is 4.40 Å². The molecule has 3 aromatic heterocycles. The van der Waals surface area contributed by atoms with Crippen LogP contribution in [0.5, 0.6) is 5.75 Å². The summed E-state index contributed by atoms with van der Waals surface area (Å²) in [6, 6.07) is 6.21. The van der Waals surface area contributed by atoms with E-state index in [4.69, 9.17) is 4.74 Å². The minimum absolute atomic E-state index is 0.754. The Bertz CT molecular complexity index is 1100. The number of pyridine rings is 1. The molecule has 0 aliphatic carbocycles. The predicted molar refractivity (Wildman–Crippen MR) is 113 cm³/mol. The van der Waals surface area contributed by atoms with E-state index in [2.05, 4.69) is 40.9 Å². The Morgan fingerprint density at radius 3 is 2.56 bits per heavy atom. The third-order valence-corrected chi connectivity index (χ3v) is 5.04. The number of rotatable bonds is 3. The number of thioether (sulfide) groups is 1. The minimum Gasteiger partial charge on any atom is -0.496 e. The highest BCUT2D eigenvalue weighted by atomic mass is 32.2. The Hall–Kier alpha value is -2.60. The summed E-state index contributed by atoms with van der Waals surface area (Å²) in [7, 11) is 1.70. The SMILES string of the molecule is CC.COc1ccc(C)c(-c2cc3cnc(SC)nc3n3ccnc23)c1C. The van der Waals surface area contributed by atoms with E-state index in [1.807, 2.05) is 49.2 Å². The van der Waals surface area contributed by atoms with Gasteiger partial charge in [-0.25, -0.2) is 15.0 Å². The Morgan fingerprint density at radius 2 is 1.85 bits per heavy atom. The maximum absolute atomic E-state index is 5.52. The molecule has 0 atom stereocenters. The van der Waals surface area contributed by atoms with Crippen LogP contribution in [0, 0.1) is 13.8 Å². The van der Waals surface area contributed by atoms with Crippen LogP contribution in [-0.4, -0.2) is 32.7 Å². The van der Waals surface area contributed by atoms with Crippen LogP contribution < -0.4 is 4.74 Å². The highest BCUT2D eigenvalue weighted by Crippen LogP contribution is 2.36. The summed E-state index contributed by atoms with van der Waals surface area (Å²) in [5.41, 5.74) is 6.25. The standard InChI is InChI=1S/C19H18N4OS.C2H6/c1-11-5-6-15(24-3)12(2)16(11)14-9-13-10-21-19(25-4)22-17(13)23-8-7-20-18(14)23;1-2/h5-10H,1-4H3;1-2H3. The van der Waals surface area contributed by atoms with Crippen molar-refractivity contribution in [3.63, 3.8) is 0 Å². The summed E-state index contributed by atoms with van der Waals surface area (Å²) in [5, 5.41) is 1.74. The predicted octanol–water partition coefficient (Wildman–Crippen LogP) is 5.32. The van der Waals surface area contributed by atoms with E-state index in [-0.39, 0.29) is 0 Å². The molecule has 0 amide bonds. The molecule has 3 heterocycles. The van der Waals surface area contributed by atoms with Gasteiger partial charge in [0.1, 0.15) is 17.0 Å². The number of ether oxygens (including phenoxy) is 1. The fourth-order valence-corrected chi connectivity index (χ4v) is 3.64. The van der Waals surface area contributed by atoms with Crippen molar-refractivity contribution in [2.45, 2.75) is 32.9 Å². The molecule has 0 radical (unpaired) electrons. The molecule has 4 aromatic rings. The maximum atomic E-state index is 5.52. The van der Waals surface area contributed by atoms with Gasteiger partial charge in [-0.05, 0) is 48.9 Å². The Kier molecular flexibility index (Phi) is 5.65. The van der Waals surface area contributed by atoms with E-state index in [0.717, 1.165) is 44.3 Å². The van der Waals surface area contributed by atoms with E-state index in [1.54, 1.807) is 7.11 Å². The summed E-state index contributed by atoms with van der Waals surface area (Å²) in [4.78, 5) is 13.7. The molecule has 0 aliphatic heterocycles. The van der Waals surface area contributed by atoms with E-state index in [0.29, 0.717) is 0 Å². The summed E-state index contributed by atoms with van der Waals surface area (Å²) in [6.45, 7) is 8.19. The van der Waals surface area contributed by atoms with Gasteiger partial charge in [-0.2, -0.15) is 0 Å². The van der Waals surface area contributed by atoms with Crippen molar-refractivity contribution in [3.8, 4) is 16.9 Å². The average Bonchev–Trinajstić information content (AvgIpc) is 3.20. The van der Waals surface area contributed by atoms with Gasteiger partial charge in [0.25, 0.3) is 0 Å². The molecule has 0 unspecified atom stereocenters. The monoisotopic (exact) mass is 380 g/mol. The van der Waals surface area contributed by atoms with Gasteiger partial charge in [-0.1, -0.05) is 31.7 Å². The average molecular weight is 381 g/mol. The summed E-state index contributed by atoms with van der Waals surface area (Å²) in [6.07, 6.45) is 7.61. The van der Waals surface area contributed by atoms with E-state index in [9.17, 15) is 0 Å². The number of benzene rings is 1. The second-order valence-electron chi connectivity index (χ2n) is 5.90. The first-order valence-corrected chi connectivity index (χ1v) is 10.2. The van der Waals surface area contributed by atoms with E-state index >= 15 is 0 Å². The molecule has 0 saturated heterocycles. The van der Waals surface area contributed by atoms with Gasteiger partial charge in [0, 0.05) is 29.5 Å². The number of aromatic nitrogens is 4. The lowest BCUT2D eigenvalue weighted by atomic mass is 9.95. The van der Waals surface area contributed by atoms with Crippen molar-refractivity contribution < 1.29 is 4.74 Å². The Labute approximate surface area is 163 Å². The van der Waals surface area contributed by atoms with E-state index < -0.39 is 0 Å². The molecular formula is C21H24N4OS. The number of methoxy groups -OCH3 is 1. The van der Waals surface area contributed by atoms with Crippen LogP contribution in [-0.2, 0) is 0 Å². The van der Waals surface area contributed by atoms with Gasteiger partial charge in [-0.15, -0.1) is 0 Å². The van der Waals surface area contributed by atoms with Crippen LogP contribution in [0.2, 0.25) is 0 Å². The van der Waals surface area contributed by atoms with Crippen molar-refractivity contribution in [3.05, 3.63) is 47.9 Å². The quantitative estimate of drug-likeness (QED) is 0.356. The van der Waals surface area contributed by atoms with Crippen molar-refractivity contribution in [1.82, 2.24) is 19.4 Å². The minimum atomic E-state index is 0.754. The Morgan fingerprint density at radius 1 is 1.07 bits per heavy atom. The van der Waals surface area contributed by atoms with Gasteiger partial charge in [0.05, 0.1) is 7.11 Å². The highest BCUT2D eigenvalue weighted by Gasteiger charge is 2.17. The summed E-state index contributed by atoms with van der Waals surface area (Å²) in [5.74, 6) is 0.874. The van der Waals surface area contributed by atoms with Crippen LogP contribution >= 0.6 is 11.8 Å². The molecule has 1 aromatic carbocycles. The molecule has 27 heavy (non-hydrogen) atoms. The molecule has 4 rings (SSSR count). The van der Waals surface area contributed by atoms with Crippen molar-refractivity contribution in [1.29, 1.82) is 0 Å². The first-order valence-electron chi connectivity index (χ1n) is 8.95. The summed E-state index contributed by atoms with van der Waals surface area (Å²) < 4.78 is 7.55. The van der Waals surface area contributed by atoms with Crippen molar-refractivity contribution >= 4 is 28.4 Å². The molecule has 0 fully saturated rings. The number of fused-ring (bicyclic) bond motifs is 3. The van der Waals surface area contributed by atoms with Crippen LogP contribution in [0.1, 0.15) is 25.0 Å². The first kappa shape index (κ1) is 19.2. The molecule has 0 aliphatic rings. The zero-order valence-corrected chi connectivity index (χ0v) is 17.4. The molecule has 0 spiro atoms. The molecule has 0 saturated carbocycles. The molecule has 140 valence electrons. The first-order chi connectivity index (χ1) is 13.1. The normalized spacial score (nSPS) is 10.7. The molecule has 5 nitrogen and oxygen atoms in total. The zero-order chi connectivity index (χ0) is 19.6. The third kappa shape index (κ3) is 3.25. The number of hydrogen-bond donors (Lipinski definition) is 0. The number of aryl methyl sites for hydroxylation is 1.